The molecule has 0 saturated heterocycles. The summed E-state index contributed by atoms with van der Waals surface area (Å²) in [5.41, 5.74) is 3.69. The first kappa shape index (κ1) is 14.4. The molecule has 2 heterocycles. The van der Waals surface area contributed by atoms with Gasteiger partial charge in [-0.2, -0.15) is 0 Å². The summed E-state index contributed by atoms with van der Waals surface area (Å²) in [6.07, 6.45) is 4.30. The maximum Gasteiger partial charge on any atom is 0.321 e. The fraction of sp³-hybridized carbons (Fsp3) is 0.105. The molecule has 1 aliphatic rings. The van der Waals surface area contributed by atoms with Gasteiger partial charge in [-0.15, -0.1) is 0 Å². The van der Waals surface area contributed by atoms with Gasteiger partial charge in [-0.3, -0.25) is 4.79 Å². The molecule has 24 heavy (non-hydrogen) atoms. The Labute approximate surface area is 139 Å². The number of amides is 1. The van der Waals surface area contributed by atoms with E-state index in [1.807, 2.05) is 48.5 Å². The van der Waals surface area contributed by atoms with Gasteiger partial charge in [0, 0.05) is 30.1 Å². The van der Waals surface area contributed by atoms with Crippen LogP contribution >= 0.6 is 0 Å². The molecule has 0 aliphatic carbocycles. The standard InChI is InChI=1S/C19H15N3O2/c23-18-17-7-6-13(10-14(17)8-9-20-18)15-11-21-19(22-12-15)24-16-4-2-1-3-5-16/h1-7,10-12H,8-9H2,(H,20,23). The maximum absolute atomic E-state index is 11.8. The van der Waals surface area contributed by atoms with Gasteiger partial charge >= 0.3 is 6.01 Å². The third-order valence-corrected chi connectivity index (χ3v) is 3.94. The number of ether oxygens (including phenoxy) is 1. The summed E-state index contributed by atoms with van der Waals surface area (Å²) in [6.45, 7) is 0.676. The summed E-state index contributed by atoms with van der Waals surface area (Å²) in [7, 11) is 0. The van der Waals surface area contributed by atoms with Crippen molar-refractivity contribution in [1.82, 2.24) is 15.3 Å². The number of carbonyl (C=O) groups is 1. The minimum Gasteiger partial charge on any atom is -0.424 e. The fourth-order valence-corrected chi connectivity index (χ4v) is 2.72. The molecule has 0 fully saturated rings. The average Bonchev–Trinajstić information content (AvgIpc) is 2.63. The Bertz CT molecular complexity index is 877. The van der Waals surface area contributed by atoms with E-state index in [1.165, 1.54) is 0 Å². The van der Waals surface area contributed by atoms with Gasteiger partial charge < -0.3 is 10.1 Å². The summed E-state index contributed by atoms with van der Waals surface area (Å²) >= 11 is 0. The van der Waals surface area contributed by atoms with Crippen LogP contribution in [0.1, 0.15) is 15.9 Å². The second kappa shape index (κ2) is 6.12. The molecule has 5 heteroatoms. The molecule has 0 bridgehead atoms. The molecule has 1 N–H and O–H groups in total. The van der Waals surface area contributed by atoms with Gasteiger partial charge in [0.1, 0.15) is 5.75 Å². The van der Waals surface area contributed by atoms with Gasteiger partial charge in [-0.05, 0) is 35.7 Å². The van der Waals surface area contributed by atoms with Gasteiger partial charge in [-0.1, -0.05) is 30.3 Å². The molecular formula is C19H15N3O2. The first-order valence-electron chi connectivity index (χ1n) is 7.76. The lowest BCUT2D eigenvalue weighted by molar-refractivity contribution is 0.0946. The Morgan fingerprint density at radius 2 is 1.75 bits per heavy atom. The van der Waals surface area contributed by atoms with Crippen LogP contribution in [0, 0.1) is 0 Å². The van der Waals surface area contributed by atoms with Crippen molar-refractivity contribution in [3.05, 3.63) is 72.1 Å². The molecule has 2 aromatic carbocycles. The summed E-state index contributed by atoms with van der Waals surface area (Å²) in [5.74, 6) is 0.690. The maximum atomic E-state index is 11.8. The summed E-state index contributed by atoms with van der Waals surface area (Å²) in [6, 6.07) is 15.5. The van der Waals surface area contributed by atoms with E-state index in [0.717, 1.165) is 28.7 Å². The van der Waals surface area contributed by atoms with Crippen molar-refractivity contribution in [2.24, 2.45) is 0 Å². The first-order valence-corrected chi connectivity index (χ1v) is 7.76. The van der Waals surface area contributed by atoms with Gasteiger partial charge in [0.15, 0.2) is 0 Å². The van der Waals surface area contributed by atoms with Crippen molar-refractivity contribution in [3.63, 3.8) is 0 Å². The highest BCUT2D eigenvalue weighted by atomic mass is 16.5. The summed E-state index contributed by atoms with van der Waals surface area (Å²) in [4.78, 5) is 20.3. The van der Waals surface area contributed by atoms with Gasteiger partial charge in [0.25, 0.3) is 5.91 Å². The van der Waals surface area contributed by atoms with Crippen LogP contribution in [0.2, 0.25) is 0 Å². The highest BCUT2D eigenvalue weighted by Crippen LogP contribution is 2.25. The molecule has 1 amide bonds. The Hall–Kier alpha value is -3.21. The Morgan fingerprint density at radius 1 is 0.958 bits per heavy atom. The lowest BCUT2D eigenvalue weighted by Crippen LogP contribution is -2.31. The molecule has 0 spiro atoms. The zero-order valence-electron chi connectivity index (χ0n) is 12.9. The number of hydrogen-bond acceptors (Lipinski definition) is 4. The van der Waals surface area contributed by atoms with Crippen LogP contribution in [0.5, 0.6) is 11.8 Å². The third kappa shape index (κ3) is 2.84. The molecule has 3 aromatic rings. The number of nitrogens with zero attached hydrogens (tertiary/aromatic N) is 2. The number of hydrogen-bond donors (Lipinski definition) is 1. The van der Waals surface area contributed by atoms with Crippen molar-refractivity contribution in [2.75, 3.05) is 6.54 Å². The van der Waals surface area contributed by atoms with Crippen molar-refractivity contribution in [1.29, 1.82) is 0 Å². The number of aromatic nitrogens is 2. The monoisotopic (exact) mass is 317 g/mol. The van der Waals surface area contributed by atoms with Gasteiger partial charge in [-0.25, -0.2) is 9.97 Å². The Morgan fingerprint density at radius 3 is 2.54 bits per heavy atom. The number of carbonyl (C=O) groups excluding carboxylic acids is 1. The SMILES string of the molecule is O=C1NCCc2cc(-c3cnc(Oc4ccccc4)nc3)ccc21. The van der Waals surface area contributed by atoms with E-state index in [-0.39, 0.29) is 5.91 Å². The van der Waals surface area contributed by atoms with E-state index in [0.29, 0.717) is 18.3 Å². The van der Waals surface area contributed by atoms with E-state index in [9.17, 15) is 4.79 Å². The first-order chi connectivity index (χ1) is 11.8. The van der Waals surface area contributed by atoms with Crippen LogP contribution in [0.15, 0.2) is 60.9 Å². The zero-order valence-corrected chi connectivity index (χ0v) is 12.9. The van der Waals surface area contributed by atoms with Crippen LogP contribution in [0.4, 0.5) is 0 Å². The number of benzene rings is 2. The molecule has 0 radical (unpaired) electrons. The second-order valence-electron chi connectivity index (χ2n) is 5.55. The van der Waals surface area contributed by atoms with Crippen LogP contribution in [-0.2, 0) is 6.42 Å². The summed E-state index contributed by atoms with van der Waals surface area (Å²) in [5, 5.41) is 2.85. The Kier molecular flexibility index (Phi) is 3.67. The normalized spacial score (nSPS) is 13.1. The molecule has 1 aromatic heterocycles. The largest absolute Gasteiger partial charge is 0.424 e. The van der Waals surface area contributed by atoms with Crippen LogP contribution in [0.3, 0.4) is 0 Å². The van der Waals surface area contributed by atoms with Crippen LogP contribution in [0.25, 0.3) is 11.1 Å². The minimum atomic E-state index is -0.00865. The smallest absolute Gasteiger partial charge is 0.321 e. The second-order valence-corrected chi connectivity index (χ2v) is 5.55. The van der Waals surface area contributed by atoms with Crippen LogP contribution < -0.4 is 10.1 Å². The molecular weight excluding hydrogens is 302 g/mol. The lowest BCUT2D eigenvalue weighted by Gasteiger charge is -2.17. The van der Waals surface area contributed by atoms with Gasteiger partial charge in [0.2, 0.25) is 0 Å². The quantitative estimate of drug-likeness (QED) is 0.805. The van der Waals surface area contributed by atoms with E-state index in [4.69, 9.17) is 4.74 Å². The number of fused-ring (bicyclic) bond motifs is 1. The van der Waals surface area contributed by atoms with Crippen molar-refractivity contribution in [3.8, 4) is 22.9 Å². The molecule has 1 aliphatic heterocycles. The molecule has 118 valence electrons. The van der Waals surface area contributed by atoms with Crippen molar-refractivity contribution >= 4 is 5.91 Å². The lowest BCUT2D eigenvalue weighted by atomic mass is 9.96. The van der Waals surface area contributed by atoms with Crippen LogP contribution in [-0.4, -0.2) is 22.4 Å². The van der Waals surface area contributed by atoms with Crippen molar-refractivity contribution in [2.45, 2.75) is 6.42 Å². The molecule has 5 nitrogen and oxygen atoms in total. The molecule has 0 atom stereocenters. The van der Waals surface area contributed by atoms with E-state index in [1.54, 1.807) is 12.4 Å². The van der Waals surface area contributed by atoms with E-state index in [2.05, 4.69) is 15.3 Å². The number of nitrogens with one attached hydrogen (secondary N) is 1. The molecule has 4 rings (SSSR count). The average molecular weight is 317 g/mol. The van der Waals surface area contributed by atoms with Gasteiger partial charge in [0.05, 0.1) is 0 Å². The third-order valence-electron chi connectivity index (χ3n) is 3.94. The molecule has 0 unspecified atom stereocenters. The highest BCUT2D eigenvalue weighted by Gasteiger charge is 2.16. The zero-order chi connectivity index (χ0) is 16.4. The number of rotatable bonds is 3. The Balaban J connectivity index is 1.58. The molecule has 0 saturated carbocycles. The predicted octanol–water partition coefficient (Wildman–Crippen LogP) is 3.22. The summed E-state index contributed by atoms with van der Waals surface area (Å²) < 4.78 is 5.60. The minimum absolute atomic E-state index is 0.00865. The van der Waals surface area contributed by atoms with Crippen molar-refractivity contribution < 1.29 is 9.53 Å². The number of para-hydroxylation sites is 1. The van der Waals surface area contributed by atoms with E-state index < -0.39 is 0 Å². The predicted molar refractivity (Wildman–Crippen MR) is 90.0 cm³/mol. The van der Waals surface area contributed by atoms with E-state index >= 15 is 0 Å². The fourth-order valence-electron chi connectivity index (χ4n) is 2.72. The topological polar surface area (TPSA) is 64.1 Å². The highest BCUT2D eigenvalue weighted by molar-refractivity contribution is 5.97.